The summed E-state index contributed by atoms with van der Waals surface area (Å²) in [5.41, 5.74) is 1.06. The number of aliphatic hydroxyl groups excluding tert-OH is 1. The van der Waals surface area contributed by atoms with Crippen molar-refractivity contribution in [2.45, 2.75) is 29.7 Å². The molecule has 20 heavy (non-hydrogen) atoms. The molecule has 1 nitrogen and oxygen atoms in total. The molecule has 0 aromatic heterocycles. The van der Waals surface area contributed by atoms with Crippen LogP contribution in [0, 0.1) is 12.7 Å². The lowest BCUT2D eigenvalue weighted by Crippen LogP contribution is -1.97. The van der Waals surface area contributed by atoms with E-state index in [9.17, 15) is 9.50 Å². The first kappa shape index (κ1) is 15.6. The largest absolute Gasteiger partial charge is 0.389 e. The molecule has 0 aliphatic carbocycles. The molecule has 0 aliphatic heterocycles. The number of aryl methyl sites for hydroxylation is 1. The van der Waals surface area contributed by atoms with Gasteiger partial charge in [0.1, 0.15) is 5.82 Å². The average Bonchev–Trinajstić information content (AvgIpc) is 2.37. The van der Waals surface area contributed by atoms with Crippen LogP contribution in [-0.4, -0.2) is 5.11 Å². The zero-order valence-corrected chi connectivity index (χ0v) is 13.3. The third-order valence-electron chi connectivity index (χ3n) is 2.85. The van der Waals surface area contributed by atoms with Crippen molar-refractivity contribution in [2.24, 2.45) is 0 Å². The second kappa shape index (κ2) is 6.35. The number of hydrogen-bond acceptors (Lipinski definition) is 2. The van der Waals surface area contributed by atoms with E-state index < -0.39 is 6.10 Å². The lowest BCUT2D eigenvalue weighted by Gasteiger charge is -2.14. The zero-order valence-electron chi connectivity index (χ0n) is 11.0. The first-order chi connectivity index (χ1) is 9.38. The minimum Gasteiger partial charge on any atom is -0.389 e. The maximum Gasteiger partial charge on any atom is 0.126 e. The lowest BCUT2D eigenvalue weighted by atomic mass is 10.1. The van der Waals surface area contributed by atoms with Crippen LogP contribution in [0.3, 0.4) is 0 Å². The van der Waals surface area contributed by atoms with Crippen molar-refractivity contribution in [3.63, 3.8) is 0 Å². The minimum atomic E-state index is -0.759. The van der Waals surface area contributed by atoms with Crippen LogP contribution in [0.1, 0.15) is 24.2 Å². The third-order valence-corrected chi connectivity index (χ3v) is 4.66. The van der Waals surface area contributed by atoms with Gasteiger partial charge in [-0.05, 0) is 55.3 Å². The van der Waals surface area contributed by atoms with E-state index in [1.54, 1.807) is 38.1 Å². The number of benzene rings is 2. The van der Waals surface area contributed by atoms with E-state index in [-0.39, 0.29) is 5.82 Å². The molecule has 1 atom stereocenters. The molecule has 0 aliphatic rings. The summed E-state index contributed by atoms with van der Waals surface area (Å²) < 4.78 is 13.6. The molecule has 2 aromatic carbocycles. The van der Waals surface area contributed by atoms with Gasteiger partial charge in [0.05, 0.1) is 11.1 Å². The van der Waals surface area contributed by atoms with E-state index in [1.807, 2.05) is 0 Å². The Morgan fingerprint density at radius 3 is 2.50 bits per heavy atom. The fourth-order valence-electron chi connectivity index (χ4n) is 1.76. The van der Waals surface area contributed by atoms with Gasteiger partial charge >= 0.3 is 0 Å². The van der Waals surface area contributed by atoms with Crippen LogP contribution >= 0.6 is 35.0 Å². The van der Waals surface area contributed by atoms with Gasteiger partial charge in [-0.25, -0.2) is 4.39 Å². The van der Waals surface area contributed by atoms with Crippen LogP contribution in [0.5, 0.6) is 0 Å². The normalized spacial score (nSPS) is 12.5. The van der Waals surface area contributed by atoms with Gasteiger partial charge in [-0.1, -0.05) is 35.0 Å². The molecule has 0 fully saturated rings. The van der Waals surface area contributed by atoms with Gasteiger partial charge in [-0.3, -0.25) is 0 Å². The fourth-order valence-corrected chi connectivity index (χ4v) is 3.40. The summed E-state index contributed by atoms with van der Waals surface area (Å²) in [6.45, 7) is 3.29. The van der Waals surface area contributed by atoms with Crippen molar-refractivity contribution in [1.82, 2.24) is 0 Å². The second-order valence-corrected chi connectivity index (χ2v) is 6.42. The van der Waals surface area contributed by atoms with Crippen LogP contribution in [0.25, 0.3) is 0 Å². The lowest BCUT2D eigenvalue weighted by molar-refractivity contribution is 0.196. The molecule has 0 saturated heterocycles. The molecule has 5 heteroatoms. The number of rotatable bonds is 3. The molecule has 106 valence electrons. The fraction of sp³-hybridized carbons (Fsp3) is 0.200. The summed E-state index contributed by atoms with van der Waals surface area (Å²) in [5.74, 6) is -0.331. The minimum absolute atomic E-state index is 0.331. The molecule has 0 bridgehead atoms. The molecule has 2 aromatic rings. The Kier molecular flexibility index (Phi) is 4.97. The molecular weight excluding hydrogens is 318 g/mol. The molecule has 0 spiro atoms. The van der Waals surface area contributed by atoms with Crippen molar-refractivity contribution in [3.05, 3.63) is 57.3 Å². The van der Waals surface area contributed by atoms with Gasteiger partial charge in [0, 0.05) is 14.8 Å². The van der Waals surface area contributed by atoms with E-state index in [0.717, 1.165) is 9.79 Å². The Bertz CT molecular complexity index is 644. The highest BCUT2D eigenvalue weighted by molar-refractivity contribution is 7.99. The second-order valence-electron chi connectivity index (χ2n) is 4.49. The smallest absolute Gasteiger partial charge is 0.126 e. The standard InChI is InChI=1S/C15H13Cl2FOS/c1-8-5-14(11(9(2)19)7-13(8)18)20-15-6-10(16)3-4-12(15)17/h3-7,9,19H,1-2H3. The molecule has 0 saturated carbocycles. The van der Waals surface area contributed by atoms with Crippen LogP contribution in [0.4, 0.5) is 4.39 Å². The van der Waals surface area contributed by atoms with Crippen LogP contribution in [0.15, 0.2) is 40.1 Å². The first-order valence-corrected chi connectivity index (χ1v) is 7.56. The summed E-state index contributed by atoms with van der Waals surface area (Å²) >= 11 is 13.5. The summed E-state index contributed by atoms with van der Waals surface area (Å²) in [7, 11) is 0. The van der Waals surface area contributed by atoms with Gasteiger partial charge < -0.3 is 5.11 Å². The van der Waals surface area contributed by atoms with Crippen LogP contribution in [0.2, 0.25) is 10.0 Å². The Morgan fingerprint density at radius 1 is 1.15 bits per heavy atom. The average molecular weight is 331 g/mol. The maximum atomic E-state index is 13.6. The van der Waals surface area contributed by atoms with E-state index in [2.05, 4.69) is 0 Å². The van der Waals surface area contributed by atoms with Crippen molar-refractivity contribution in [1.29, 1.82) is 0 Å². The molecule has 2 rings (SSSR count). The molecule has 1 N–H and O–H groups in total. The predicted molar refractivity (Wildman–Crippen MR) is 82.4 cm³/mol. The Morgan fingerprint density at radius 2 is 1.85 bits per heavy atom. The Hall–Kier alpha value is -0.740. The Labute approximate surface area is 131 Å². The summed E-state index contributed by atoms with van der Waals surface area (Å²) in [6.07, 6.45) is -0.759. The molecular formula is C15H13Cl2FOS. The van der Waals surface area contributed by atoms with Crippen LogP contribution < -0.4 is 0 Å². The zero-order chi connectivity index (χ0) is 14.9. The monoisotopic (exact) mass is 330 g/mol. The summed E-state index contributed by atoms with van der Waals surface area (Å²) in [6, 6.07) is 8.24. The first-order valence-electron chi connectivity index (χ1n) is 5.99. The highest BCUT2D eigenvalue weighted by Gasteiger charge is 2.14. The van der Waals surface area contributed by atoms with Gasteiger partial charge in [0.2, 0.25) is 0 Å². The highest BCUT2D eigenvalue weighted by Crippen LogP contribution is 2.39. The number of hydrogen-bond donors (Lipinski definition) is 1. The third kappa shape index (κ3) is 3.47. The van der Waals surface area contributed by atoms with E-state index in [0.29, 0.717) is 21.2 Å². The van der Waals surface area contributed by atoms with Crippen molar-refractivity contribution in [2.75, 3.05) is 0 Å². The number of halogens is 3. The van der Waals surface area contributed by atoms with Gasteiger partial charge in [-0.15, -0.1) is 0 Å². The molecule has 0 radical (unpaired) electrons. The van der Waals surface area contributed by atoms with Crippen molar-refractivity contribution < 1.29 is 9.50 Å². The van der Waals surface area contributed by atoms with Crippen molar-refractivity contribution in [3.8, 4) is 0 Å². The van der Waals surface area contributed by atoms with E-state index in [4.69, 9.17) is 23.2 Å². The maximum absolute atomic E-state index is 13.6. The number of aliphatic hydroxyl groups is 1. The van der Waals surface area contributed by atoms with E-state index >= 15 is 0 Å². The highest BCUT2D eigenvalue weighted by atomic mass is 35.5. The molecule has 1 unspecified atom stereocenters. The van der Waals surface area contributed by atoms with Gasteiger partial charge in [-0.2, -0.15) is 0 Å². The van der Waals surface area contributed by atoms with Gasteiger partial charge in [0.25, 0.3) is 0 Å². The Balaban J connectivity index is 2.47. The van der Waals surface area contributed by atoms with Crippen molar-refractivity contribution >= 4 is 35.0 Å². The van der Waals surface area contributed by atoms with Gasteiger partial charge in [0.15, 0.2) is 0 Å². The topological polar surface area (TPSA) is 20.2 Å². The SMILES string of the molecule is Cc1cc(Sc2cc(Cl)ccc2Cl)c(C(C)O)cc1F. The predicted octanol–water partition coefficient (Wildman–Crippen LogP) is 5.65. The molecule has 0 amide bonds. The summed E-state index contributed by atoms with van der Waals surface area (Å²) in [5, 5.41) is 10.9. The molecule has 0 heterocycles. The van der Waals surface area contributed by atoms with Crippen LogP contribution in [-0.2, 0) is 0 Å². The quantitative estimate of drug-likeness (QED) is 0.785. The van der Waals surface area contributed by atoms with E-state index in [1.165, 1.54) is 17.8 Å². The summed E-state index contributed by atoms with van der Waals surface area (Å²) in [4.78, 5) is 1.54.